The van der Waals surface area contributed by atoms with E-state index in [9.17, 15) is 14.8 Å². The van der Waals surface area contributed by atoms with Crippen LogP contribution in [0, 0.1) is 0 Å². The Morgan fingerprint density at radius 2 is 2.07 bits per heavy atom. The Bertz CT molecular complexity index is 1020. The fraction of sp³-hybridized carbons (Fsp3) is 0.400. The normalized spacial score (nSPS) is 25.0. The molecular formula is C15H18N5O8P. The maximum atomic E-state index is 10.9. The molecule has 0 unspecified atom stereocenters. The van der Waals surface area contributed by atoms with Gasteiger partial charge in [0.05, 0.1) is 25.7 Å². The molecule has 4 heterocycles. The van der Waals surface area contributed by atoms with Gasteiger partial charge in [0.25, 0.3) is 0 Å². The second-order valence-electron chi connectivity index (χ2n) is 6.31. The Morgan fingerprint density at radius 3 is 2.79 bits per heavy atom. The molecule has 5 N–H and O–H groups in total. The predicted octanol–water partition coefficient (Wildman–Crippen LogP) is -0.240. The topological polar surface area (TPSA) is 185 Å². The lowest BCUT2D eigenvalue weighted by atomic mass is 10.1. The van der Waals surface area contributed by atoms with Gasteiger partial charge in [-0.05, 0) is 12.1 Å². The fourth-order valence-electron chi connectivity index (χ4n) is 3.02. The third-order valence-electron chi connectivity index (χ3n) is 4.39. The summed E-state index contributed by atoms with van der Waals surface area (Å²) in [6.45, 7) is -0.231. The molecule has 4 rings (SSSR count). The summed E-state index contributed by atoms with van der Waals surface area (Å²) in [6.07, 6.45) is -0.847. The Labute approximate surface area is 163 Å². The third-order valence-corrected chi connectivity index (χ3v) is 4.87. The molecule has 0 amide bonds. The number of nitrogens with zero attached hydrogens (tertiary/aromatic N) is 4. The molecular weight excluding hydrogens is 409 g/mol. The van der Waals surface area contributed by atoms with Gasteiger partial charge in [0.15, 0.2) is 23.2 Å². The monoisotopic (exact) mass is 427 g/mol. The van der Waals surface area contributed by atoms with Gasteiger partial charge < -0.3 is 34.5 Å². The van der Waals surface area contributed by atoms with Crippen molar-refractivity contribution >= 4 is 24.8 Å². The van der Waals surface area contributed by atoms with Gasteiger partial charge in [-0.2, -0.15) is 0 Å². The number of phosphoric ester groups is 1. The Kier molecular flexibility index (Phi) is 5.36. The number of phosphoric acid groups is 1. The number of ether oxygens (including phenoxy) is 1. The van der Waals surface area contributed by atoms with Crippen molar-refractivity contribution in [1.82, 2.24) is 19.5 Å². The molecule has 1 saturated heterocycles. The maximum Gasteiger partial charge on any atom is 0.469 e. The smallest absolute Gasteiger partial charge is 0.467 e. The molecule has 0 bridgehead atoms. The molecule has 0 radical (unpaired) electrons. The van der Waals surface area contributed by atoms with Gasteiger partial charge in [-0.3, -0.25) is 9.09 Å². The summed E-state index contributed by atoms with van der Waals surface area (Å²) in [5.41, 5.74) is 0.731. The molecule has 3 aromatic heterocycles. The zero-order chi connectivity index (χ0) is 20.6. The van der Waals surface area contributed by atoms with Crippen LogP contribution in [0.25, 0.3) is 11.2 Å². The van der Waals surface area contributed by atoms with E-state index in [1.165, 1.54) is 17.2 Å². The van der Waals surface area contributed by atoms with Crippen molar-refractivity contribution < 1.29 is 38.2 Å². The van der Waals surface area contributed by atoms with Gasteiger partial charge >= 0.3 is 7.82 Å². The summed E-state index contributed by atoms with van der Waals surface area (Å²) in [5.74, 6) is 1.13. The number of furan rings is 1. The highest BCUT2D eigenvalue weighted by atomic mass is 31.2. The number of anilines is 1. The van der Waals surface area contributed by atoms with E-state index in [2.05, 4.69) is 24.8 Å². The van der Waals surface area contributed by atoms with Crippen LogP contribution in [0.5, 0.6) is 0 Å². The number of imidazole rings is 1. The SMILES string of the molecule is O=P(O)(O)OC[C@@H]1O[C@H](n2cnc3c(NCc4ccco4)ncnc32)[C@@H](O)[C@@H]1O. The van der Waals surface area contributed by atoms with Crippen LogP contribution in [0.4, 0.5) is 5.82 Å². The minimum atomic E-state index is -4.75. The highest BCUT2D eigenvalue weighted by molar-refractivity contribution is 7.46. The highest BCUT2D eigenvalue weighted by Gasteiger charge is 2.45. The summed E-state index contributed by atoms with van der Waals surface area (Å²) < 4.78 is 27.5. The van der Waals surface area contributed by atoms with E-state index in [4.69, 9.17) is 18.9 Å². The lowest BCUT2D eigenvalue weighted by Crippen LogP contribution is -2.33. The van der Waals surface area contributed by atoms with E-state index in [0.29, 0.717) is 29.3 Å². The summed E-state index contributed by atoms with van der Waals surface area (Å²) in [6, 6.07) is 3.56. The largest absolute Gasteiger partial charge is 0.469 e. The molecule has 29 heavy (non-hydrogen) atoms. The molecule has 13 nitrogen and oxygen atoms in total. The first-order chi connectivity index (χ1) is 13.8. The molecule has 0 aliphatic carbocycles. The van der Waals surface area contributed by atoms with Crippen molar-refractivity contribution in [3.63, 3.8) is 0 Å². The van der Waals surface area contributed by atoms with E-state index in [-0.39, 0.29) is 0 Å². The number of fused-ring (bicyclic) bond motifs is 1. The van der Waals surface area contributed by atoms with Crippen molar-refractivity contribution in [2.75, 3.05) is 11.9 Å². The molecule has 156 valence electrons. The highest BCUT2D eigenvalue weighted by Crippen LogP contribution is 2.38. The van der Waals surface area contributed by atoms with Gasteiger partial charge in [0, 0.05) is 0 Å². The molecule has 14 heteroatoms. The van der Waals surface area contributed by atoms with Crippen LogP contribution in [-0.4, -0.2) is 64.4 Å². The predicted molar refractivity (Wildman–Crippen MR) is 95.3 cm³/mol. The molecule has 0 aromatic carbocycles. The van der Waals surface area contributed by atoms with Gasteiger partial charge in [-0.15, -0.1) is 0 Å². The van der Waals surface area contributed by atoms with Crippen LogP contribution in [-0.2, 0) is 20.4 Å². The molecule has 3 aromatic rings. The molecule has 0 saturated carbocycles. The zero-order valence-electron chi connectivity index (χ0n) is 14.8. The van der Waals surface area contributed by atoms with Crippen molar-refractivity contribution in [1.29, 1.82) is 0 Å². The summed E-state index contributed by atoms with van der Waals surface area (Å²) in [5, 5.41) is 23.6. The number of hydrogen-bond acceptors (Lipinski definition) is 10. The van der Waals surface area contributed by atoms with E-state index in [0.717, 1.165) is 0 Å². The van der Waals surface area contributed by atoms with Crippen molar-refractivity contribution in [3.05, 3.63) is 36.8 Å². The summed E-state index contributed by atoms with van der Waals surface area (Å²) >= 11 is 0. The number of aliphatic hydroxyl groups excluding tert-OH is 2. The second-order valence-corrected chi connectivity index (χ2v) is 7.55. The Balaban J connectivity index is 1.54. The minimum absolute atomic E-state index is 0.328. The van der Waals surface area contributed by atoms with Gasteiger partial charge in [0.1, 0.15) is 30.4 Å². The van der Waals surface area contributed by atoms with E-state index < -0.39 is 39.0 Å². The van der Waals surface area contributed by atoms with E-state index in [1.54, 1.807) is 18.4 Å². The lowest BCUT2D eigenvalue weighted by molar-refractivity contribution is -0.0504. The number of aromatic nitrogens is 4. The number of rotatable bonds is 7. The fourth-order valence-corrected chi connectivity index (χ4v) is 3.36. The summed E-state index contributed by atoms with van der Waals surface area (Å²) in [7, 11) is -4.75. The van der Waals surface area contributed by atoms with Crippen molar-refractivity contribution in [2.45, 2.75) is 31.1 Å². The average Bonchev–Trinajstić information content (AvgIpc) is 3.39. The zero-order valence-corrected chi connectivity index (χ0v) is 15.7. The first kappa shape index (κ1) is 19.9. The first-order valence-electron chi connectivity index (χ1n) is 8.49. The third kappa shape index (κ3) is 4.16. The average molecular weight is 427 g/mol. The Morgan fingerprint density at radius 1 is 1.24 bits per heavy atom. The van der Waals surface area contributed by atoms with Crippen LogP contribution in [0.15, 0.2) is 35.5 Å². The van der Waals surface area contributed by atoms with Gasteiger partial charge in [0.2, 0.25) is 0 Å². The second kappa shape index (κ2) is 7.80. The quantitative estimate of drug-likeness (QED) is 0.312. The molecule has 0 spiro atoms. The van der Waals surface area contributed by atoms with Crippen LogP contribution in [0.1, 0.15) is 12.0 Å². The standard InChI is InChI=1S/C15H18N5O8P/c21-11-9(5-27-29(23,24)25)28-15(12(11)22)20-7-19-10-13(17-6-18-14(10)20)16-4-8-2-1-3-26-8/h1-3,6-7,9,11-12,15,21-22H,4-5H2,(H,16,17,18)(H2,23,24,25)/t9-,11+,12-,15-/m0/s1. The molecule has 1 aliphatic heterocycles. The minimum Gasteiger partial charge on any atom is -0.467 e. The van der Waals surface area contributed by atoms with Gasteiger partial charge in [-0.25, -0.2) is 19.5 Å². The van der Waals surface area contributed by atoms with E-state index in [1.807, 2.05) is 0 Å². The van der Waals surface area contributed by atoms with Crippen LogP contribution < -0.4 is 5.32 Å². The van der Waals surface area contributed by atoms with Crippen LogP contribution in [0.3, 0.4) is 0 Å². The summed E-state index contributed by atoms with van der Waals surface area (Å²) in [4.78, 5) is 30.2. The first-order valence-corrected chi connectivity index (χ1v) is 10.0. The van der Waals surface area contributed by atoms with Crippen molar-refractivity contribution in [3.8, 4) is 0 Å². The number of aliphatic hydroxyl groups is 2. The molecule has 1 aliphatic rings. The Hall–Kier alpha value is -2.38. The van der Waals surface area contributed by atoms with Crippen LogP contribution in [0.2, 0.25) is 0 Å². The maximum absolute atomic E-state index is 10.9. The molecule has 4 atom stereocenters. The molecule has 1 fully saturated rings. The number of nitrogens with one attached hydrogen (secondary N) is 1. The number of hydrogen-bond donors (Lipinski definition) is 5. The van der Waals surface area contributed by atoms with Gasteiger partial charge in [-0.1, -0.05) is 0 Å². The van der Waals surface area contributed by atoms with Crippen molar-refractivity contribution in [2.24, 2.45) is 0 Å². The lowest BCUT2D eigenvalue weighted by Gasteiger charge is -2.16. The van der Waals surface area contributed by atoms with Crippen LogP contribution >= 0.6 is 7.82 Å². The van der Waals surface area contributed by atoms with E-state index >= 15 is 0 Å².